The first-order valence-corrected chi connectivity index (χ1v) is 9.69. The summed E-state index contributed by atoms with van der Waals surface area (Å²) in [5.41, 5.74) is 3.84. The van der Waals surface area contributed by atoms with Crippen LogP contribution in [0.5, 0.6) is 5.75 Å². The van der Waals surface area contributed by atoms with Crippen LogP contribution in [0.1, 0.15) is 22.8 Å². The summed E-state index contributed by atoms with van der Waals surface area (Å²) >= 11 is 5.80. The predicted octanol–water partition coefficient (Wildman–Crippen LogP) is 4.18. The lowest BCUT2D eigenvalue weighted by molar-refractivity contribution is -0.136. The summed E-state index contributed by atoms with van der Waals surface area (Å²) in [6.07, 6.45) is 0. The lowest BCUT2D eigenvalue weighted by Crippen LogP contribution is -2.32. The van der Waals surface area contributed by atoms with Gasteiger partial charge in [-0.25, -0.2) is 14.6 Å². The third-order valence-electron chi connectivity index (χ3n) is 4.20. The highest BCUT2D eigenvalue weighted by molar-refractivity contribution is 6.39. The number of hydrogen-bond acceptors (Lipinski definition) is 5. The third kappa shape index (κ3) is 6.23. The lowest BCUT2D eigenvalue weighted by atomic mass is 10.1. The van der Waals surface area contributed by atoms with E-state index in [0.29, 0.717) is 27.6 Å². The zero-order valence-corrected chi connectivity index (χ0v) is 17.5. The van der Waals surface area contributed by atoms with E-state index >= 15 is 0 Å². The molecule has 7 nitrogen and oxygen atoms in total. The van der Waals surface area contributed by atoms with Crippen LogP contribution in [-0.4, -0.2) is 23.5 Å². The second-order valence-corrected chi connectivity index (χ2v) is 6.96. The number of carbonyl (C=O) groups excluding carboxylic acids is 3. The van der Waals surface area contributed by atoms with Crippen molar-refractivity contribution in [3.63, 3.8) is 0 Å². The molecule has 0 spiro atoms. The quantitative estimate of drug-likeness (QED) is 0.199. The zero-order chi connectivity index (χ0) is 23.1. The van der Waals surface area contributed by atoms with E-state index in [1.54, 1.807) is 55.5 Å². The number of hydrogen-bond donors (Lipinski definition) is 2. The molecule has 0 heterocycles. The summed E-state index contributed by atoms with van der Waals surface area (Å²) in [5, 5.41) is 6.74. The molecular formula is C23H17ClFN3O4. The van der Waals surface area contributed by atoms with Crippen molar-refractivity contribution in [1.82, 2.24) is 5.43 Å². The molecular weight excluding hydrogens is 437 g/mol. The summed E-state index contributed by atoms with van der Waals surface area (Å²) in [5.74, 6) is -2.60. The largest absolute Gasteiger partial charge is 0.423 e. The van der Waals surface area contributed by atoms with Gasteiger partial charge < -0.3 is 10.1 Å². The number of halogens is 2. The van der Waals surface area contributed by atoms with Gasteiger partial charge in [0.15, 0.2) is 0 Å². The van der Waals surface area contributed by atoms with E-state index in [1.165, 1.54) is 12.1 Å². The molecule has 0 aromatic heterocycles. The number of nitrogens with zero attached hydrogens (tertiary/aromatic N) is 1. The monoisotopic (exact) mass is 453 g/mol. The van der Waals surface area contributed by atoms with Gasteiger partial charge in [-0.2, -0.15) is 5.10 Å². The van der Waals surface area contributed by atoms with Crippen LogP contribution in [0.2, 0.25) is 5.02 Å². The maximum atomic E-state index is 12.9. The highest BCUT2D eigenvalue weighted by atomic mass is 35.5. The van der Waals surface area contributed by atoms with Crippen LogP contribution in [0.15, 0.2) is 77.9 Å². The van der Waals surface area contributed by atoms with Crippen LogP contribution < -0.4 is 15.5 Å². The minimum absolute atomic E-state index is 0.274. The topological polar surface area (TPSA) is 96.9 Å². The Kier molecular flexibility index (Phi) is 7.30. The predicted molar refractivity (Wildman–Crippen MR) is 118 cm³/mol. The van der Waals surface area contributed by atoms with E-state index in [4.69, 9.17) is 16.3 Å². The Morgan fingerprint density at radius 1 is 0.844 bits per heavy atom. The summed E-state index contributed by atoms with van der Waals surface area (Å²) in [7, 11) is 0. The molecule has 3 aromatic rings. The minimum atomic E-state index is -0.984. The van der Waals surface area contributed by atoms with Crippen molar-refractivity contribution in [3.05, 3.63) is 94.8 Å². The summed E-state index contributed by atoms with van der Waals surface area (Å²) in [6, 6.07) is 17.7. The molecule has 0 aliphatic heterocycles. The smallest absolute Gasteiger partial charge is 0.343 e. The Balaban J connectivity index is 1.56. The van der Waals surface area contributed by atoms with Gasteiger partial charge in [-0.3, -0.25) is 9.59 Å². The van der Waals surface area contributed by atoms with Crippen molar-refractivity contribution < 1.29 is 23.5 Å². The first-order chi connectivity index (χ1) is 15.3. The van der Waals surface area contributed by atoms with Crippen molar-refractivity contribution >= 4 is 40.8 Å². The van der Waals surface area contributed by atoms with Gasteiger partial charge in [0, 0.05) is 10.7 Å². The van der Waals surface area contributed by atoms with Gasteiger partial charge in [-0.1, -0.05) is 11.6 Å². The Bertz CT molecular complexity index is 1160. The summed E-state index contributed by atoms with van der Waals surface area (Å²) in [4.78, 5) is 35.9. The maximum Gasteiger partial charge on any atom is 0.343 e. The van der Waals surface area contributed by atoms with Gasteiger partial charge in [-0.05, 0) is 85.3 Å². The fourth-order valence-electron chi connectivity index (χ4n) is 2.49. The van der Waals surface area contributed by atoms with Gasteiger partial charge in [0.2, 0.25) is 0 Å². The SMILES string of the molecule is CC(=NNC(=O)C(=O)Nc1ccc(F)cc1)c1ccc(OC(=O)c2ccc(Cl)cc2)cc1. The number of benzene rings is 3. The maximum absolute atomic E-state index is 12.9. The Hall–Kier alpha value is -4.04. The molecule has 3 rings (SSSR count). The molecule has 0 aliphatic carbocycles. The molecule has 2 amide bonds. The second-order valence-electron chi connectivity index (χ2n) is 6.52. The molecule has 0 saturated carbocycles. The Morgan fingerprint density at radius 3 is 2.06 bits per heavy atom. The van der Waals surface area contributed by atoms with E-state index in [2.05, 4.69) is 15.8 Å². The van der Waals surface area contributed by atoms with Crippen LogP contribution in [0, 0.1) is 5.82 Å². The number of esters is 1. The highest BCUT2D eigenvalue weighted by Crippen LogP contribution is 2.16. The van der Waals surface area contributed by atoms with Crippen LogP contribution in [0.25, 0.3) is 0 Å². The number of rotatable bonds is 5. The molecule has 32 heavy (non-hydrogen) atoms. The number of carbonyl (C=O) groups is 3. The van der Waals surface area contributed by atoms with Crippen molar-refractivity contribution in [2.75, 3.05) is 5.32 Å². The summed E-state index contributed by atoms with van der Waals surface area (Å²) in [6.45, 7) is 1.63. The van der Waals surface area contributed by atoms with Crippen molar-refractivity contribution in [1.29, 1.82) is 0 Å². The molecule has 9 heteroatoms. The molecule has 2 N–H and O–H groups in total. The number of amides is 2. The number of ether oxygens (including phenoxy) is 1. The normalized spacial score (nSPS) is 10.9. The van der Waals surface area contributed by atoms with Gasteiger partial charge in [-0.15, -0.1) is 0 Å². The molecule has 0 bridgehead atoms. The van der Waals surface area contributed by atoms with Crippen LogP contribution in [0.4, 0.5) is 10.1 Å². The first kappa shape index (κ1) is 22.6. The van der Waals surface area contributed by atoms with Crippen LogP contribution in [0.3, 0.4) is 0 Å². The number of nitrogens with one attached hydrogen (secondary N) is 2. The van der Waals surface area contributed by atoms with E-state index in [-0.39, 0.29) is 5.69 Å². The average molecular weight is 454 g/mol. The Morgan fingerprint density at radius 2 is 1.44 bits per heavy atom. The zero-order valence-electron chi connectivity index (χ0n) is 16.8. The van der Waals surface area contributed by atoms with Crippen molar-refractivity contribution in [3.8, 4) is 5.75 Å². The molecule has 0 saturated heterocycles. The van der Waals surface area contributed by atoms with Crippen LogP contribution in [-0.2, 0) is 9.59 Å². The van der Waals surface area contributed by atoms with Crippen LogP contribution >= 0.6 is 11.6 Å². The number of anilines is 1. The average Bonchev–Trinajstić information content (AvgIpc) is 2.79. The van der Waals surface area contributed by atoms with Gasteiger partial charge in [0.05, 0.1) is 11.3 Å². The lowest BCUT2D eigenvalue weighted by Gasteiger charge is -2.07. The molecule has 0 unspecified atom stereocenters. The standard InChI is InChI=1S/C23H17ClFN3O4/c1-14(27-28-22(30)21(29)26-19-10-8-18(25)9-11-19)15-4-12-20(13-5-15)32-23(31)16-2-6-17(24)7-3-16/h2-13H,1H3,(H,26,29)(H,28,30). The van der Waals surface area contributed by atoms with Gasteiger partial charge in [0.25, 0.3) is 0 Å². The fraction of sp³-hybridized carbons (Fsp3) is 0.0435. The molecule has 3 aromatic carbocycles. The Labute approximate surface area is 187 Å². The molecule has 0 atom stereocenters. The van der Waals surface area contributed by atoms with Crippen molar-refractivity contribution in [2.45, 2.75) is 6.92 Å². The highest BCUT2D eigenvalue weighted by Gasteiger charge is 2.13. The summed E-state index contributed by atoms with van der Waals surface area (Å²) < 4.78 is 18.2. The minimum Gasteiger partial charge on any atom is -0.423 e. The second kappa shape index (κ2) is 10.3. The van der Waals surface area contributed by atoms with E-state index < -0.39 is 23.6 Å². The fourth-order valence-corrected chi connectivity index (χ4v) is 2.61. The number of hydrazone groups is 1. The van der Waals surface area contributed by atoms with Gasteiger partial charge in [0.1, 0.15) is 11.6 Å². The van der Waals surface area contributed by atoms with E-state index in [1.807, 2.05) is 0 Å². The first-order valence-electron chi connectivity index (χ1n) is 9.31. The van der Waals surface area contributed by atoms with E-state index in [0.717, 1.165) is 12.1 Å². The molecule has 0 aliphatic rings. The molecule has 0 fully saturated rings. The van der Waals surface area contributed by atoms with Crippen molar-refractivity contribution in [2.24, 2.45) is 5.10 Å². The molecule has 162 valence electrons. The third-order valence-corrected chi connectivity index (χ3v) is 4.45. The van der Waals surface area contributed by atoms with Gasteiger partial charge >= 0.3 is 17.8 Å². The van der Waals surface area contributed by atoms with E-state index in [9.17, 15) is 18.8 Å². The molecule has 0 radical (unpaired) electrons.